The molecule has 1 N–H and O–H groups in total. The Morgan fingerprint density at radius 1 is 0.909 bits per heavy atom. The molecular formula is C28H28N4O. The smallest absolute Gasteiger partial charge is 0.242 e. The van der Waals surface area contributed by atoms with E-state index < -0.39 is 0 Å². The van der Waals surface area contributed by atoms with E-state index in [4.69, 9.17) is 0 Å². The van der Waals surface area contributed by atoms with E-state index in [0.29, 0.717) is 0 Å². The largest absolute Gasteiger partial charge is 0.349 e. The van der Waals surface area contributed by atoms with Crippen molar-refractivity contribution < 1.29 is 4.79 Å². The van der Waals surface area contributed by atoms with Gasteiger partial charge in [0.15, 0.2) is 0 Å². The molecule has 4 aromatic rings. The molecule has 4 aliphatic rings. The number of hydrogen-bond donors (Lipinski definition) is 1. The number of nitrogens with one attached hydrogen (secondary N) is 1. The topological polar surface area (TPSA) is 59.8 Å². The highest BCUT2D eigenvalue weighted by molar-refractivity contribution is 6.13. The summed E-state index contributed by atoms with van der Waals surface area (Å²) in [5.74, 6) is 2.51. The fourth-order valence-corrected chi connectivity index (χ4v) is 7.51. The number of nitrogens with zero attached hydrogens (tertiary/aromatic N) is 3. The predicted molar refractivity (Wildman–Crippen MR) is 130 cm³/mol. The summed E-state index contributed by atoms with van der Waals surface area (Å²) in [6.45, 7) is 0.222. The molecule has 4 saturated carbocycles. The van der Waals surface area contributed by atoms with Crippen molar-refractivity contribution in [3.05, 3.63) is 60.8 Å². The summed E-state index contributed by atoms with van der Waals surface area (Å²) in [4.78, 5) is 13.0. The maximum atomic E-state index is 13.0. The second-order valence-electron chi connectivity index (χ2n) is 10.7. The summed E-state index contributed by atoms with van der Waals surface area (Å²) in [5, 5.41) is 17.0. The fourth-order valence-electron chi connectivity index (χ4n) is 7.51. The second kappa shape index (κ2) is 7.14. The molecule has 0 aliphatic heterocycles. The van der Waals surface area contributed by atoms with Crippen molar-refractivity contribution in [2.24, 2.45) is 17.8 Å². The zero-order valence-electron chi connectivity index (χ0n) is 18.7. The van der Waals surface area contributed by atoms with E-state index in [9.17, 15) is 4.79 Å². The molecule has 4 fully saturated rings. The summed E-state index contributed by atoms with van der Waals surface area (Å²) in [7, 11) is 0. The molecule has 33 heavy (non-hydrogen) atoms. The van der Waals surface area contributed by atoms with Crippen molar-refractivity contribution in [1.29, 1.82) is 0 Å². The second-order valence-corrected chi connectivity index (χ2v) is 10.7. The molecule has 0 atom stereocenters. The van der Waals surface area contributed by atoms with Gasteiger partial charge in [-0.2, -0.15) is 0 Å². The van der Waals surface area contributed by atoms with Crippen molar-refractivity contribution in [3.8, 4) is 11.3 Å². The van der Waals surface area contributed by atoms with Gasteiger partial charge in [0.1, 0.15) is 12.2 Å². The van der Waals surface area contributed by atoms with Gasteiger partial charge in [-0.3, -0.25) is 4.79 Å². The molecule has 0 saturated heterocycles. The minimum absolute atomic E-state index is 0.0315. The number of benzene rings is 3. The lowest BCUT2D eigenvalue weighted by molar-refractivity contribution is -0.127. The summed E-state index contributed by atoms with van der Waals surface area (Å²) in [6, 6.07) is 19.0. The minimum Gasteiger partial charge on any atom is -0.349 e. The van der Waals surface area contributed by atoms with Crippen LogP contribution >= 0.6 is 0 Å². The van der Waals surface area contributed by atoms with Crippen LogP contribution in [0, 0.1) is 17.8 Å². The van der Waals surface area contributed by atoms with Crippen LogP contribution in [0.1, 0.15) is 38.5 Å². The monoisotopic (exact) mass is 436 g/mol. The van der Waals surface area contributed by atoms with Gasteiger partial charge in [0.05, 0.1) is 6.20 Å². The summed E-state index contributed by atoms with van der Waals surface area (Å²) in [5.41, 5.74) is 1.89. The third-order valence-corrected chi connectivity index (χ3v) is 8.33. The SMILES string of the molecule is O=C(Cn1cc(-c2cc3ccccc3c3ccccc23)nn1)NC12CC3CC(CC(C3)C1)C2. The molecule has 1 aromatic heterocycles. The molecule has 4 bridgehead atoms. The highest BCUT2D eigenvalue weighted by atomic mass is 16.2. The normalized spacial score (nSPS) is 27.9. The van der Waals surface area contributed by atoms with Gasteiger partial charge >= 0.3 is 0 Å². The first-order valence-corrected chi connectivity index (χ1v) is 12.3. The van der Waals surface area contributed by atoms with Crippen LogP contribution in [-0.4, -0.2) is 26.4 Å². The first-order chi connectivity index (χ1) is 16.1. The zero-order chi connectivity index (χ0) is 22.0. The van der Waals surface area contributed by atoms with Gasteiger partial charge in [-0.05, 0) is 83.9 Å². The molecular weight excluding hydrogens is 408 g/mol. The molecule has 1 heterocycles. The molecule has 0 spiro atoms. The van der Waals surface area contributed by atoms with Crippen molar-refractivity contribution in [2.75, 3.05) is 0 Å². The van der Waals surface area contributed by atoms with Crippen LogP contribution in [0.25, 0.3) is 32.8 Å². The molecule has 8 rings (SSSR count). The van der Waals surface area contributed by atoms with Gasteiger partial charge in [0.2, 0.25) is 5.91 Å². The quantitative estimate of drug-likeness (QED) is 0.440. The first-order valence-electron chi connectivity index (χ1n) is 12.3. The molecule has 0 unspecified atom stereocenters. The van der Waals surface area contributed by atoms with Gasteiger partial charge in [-0.25, -0.2) is 4.68 Å². The van der Waals surface area contributed by atoms with Crippen molar-refractivity contribution >= 4 is 27.5 Å². The highest BCUT2D eigenvalue weighted by Gasteiger charge is 2.51. The Morgan fingerprint density at radius 3 is 2.27 bits per heavy atom. The van der Waals surface area contributed by atoms with Gasteiger partial charge in [0.25, 0.3) is 0 Å². The van der Waals surface area contributed by atoms with Gasteiger partial charge in [-0.15, -0.1) is 5.10 Å². The molecule has 5 heteroatoms. The fraction of sp³-hybridized carbons (Fsp3) is 0.393. The number of aromatic nitrogens is 3. The molecule has 4 aliphatic carbocycles. The highest BCUT2D eigenvalue weighted by Crippen LogP contribution is 2.55. The van der Waals surface area contributed by atoms with E-state index in [1.165, 1.54) is 35.4 Å². The lowest BCUT2D eigenvalue weighted by Gasteiger charge is -2.56. The number of amides is 1. The third-order valence-electron chi connectivity index (χ3n) is 8.33. The molecule has 1 amide bonds. The van der Waals surface area contributed by atoms with Crippen LogP contribution in [-0.2, 0) is 11.3 Å². The van der Waals surface area contributed by atoms with E-state index >= 15 is 0 Å². The maximum Gasteiger partial charge on any atom is 0.242 e. The van der Waals surface area contributed by atoms with Crippen LogP contribution in [0.4, 0.5) is 0 Å². The number of fused-ring (bicyclic) bond motifs is 3. The average molecular weight is 437 g/mol. The molecule has 0 radical (unpaired) electrons. The Morgan fingerprint density at radius 2 is 1.55 bits per heavy atom. The number of carbonyl (C=O) groups is 1. The Balaban J connectivity index is 1.16. The Bertz CT molecular complexity index is 1350. The lowest BCUT2D eigenvalue weighted by atomic mass is 9.53. The summed E-state index contributed by atoms with van der Waals surface area (Å²) >= 11 is 0. The molecule has 5 nitrogen and oxygen atoms in total. The molecule has 3 aromatic carbocycles. The first kappa shape index (κ1) is 19.3. The molecule has 166 valence electrons. The summed E-state index contributed by atoms with van der Waals surface area (Å²) in [6.07, 6.45) is 9.53. The number of carbonyl (C=O) groups excluding carboxylic acids is 1. The van der Waals surface area contributed by atoms with Crippen LogP contribution in [0.5, 0.6) is 0 Å². The number of rotatable bonds is 4. The zero-order valence-corrected chi connectivity index (χ0v) is 18.7. The van der Waals surface area contributed by atoms with Crippen molar-refractivity contribution in [2.45, 2.75) is 50.6 Å². The van der Waals surface area contributed by atoms with E-state index in [0.717, 1.165) is 53.7 Å². The van der Waals surface area contributed by atoms with Crippen molar-refractivity contribution in [3.63, 3.8) is 0 Å². The lowest BCUT2D eigenvalue weighted by Crippen LogP contribution is -2.60. The van der Waals surface area contributed by atoms with E-state index in [-0.39, 0.29) is 18.0 Å². The average Bonchev–Trinajstić information content (AvgIpc) is 3.25. The van der Waals surface area contributed by atoms with E-state index in [1.54, 1.807) is 4.68 Å². The van der Waals surface area contributed by atoms with Crippen LogP contribution in [0.15, 0.2) is 60.8 Å². The Hall–Kier alpha value is -3.21. The predicted octanol–water partition coefficient (Wildman–Crippen LogP) is 5.34. The van der Waals surface area contributed by atoms with Crippen LogP contribution < -0.4 is 5.32 Å². The standard InChI is InChI=1S/C28H28N4O/c33-27(29-28-13-18-9-19(14-28)11-20(10-18)15-28)17-32-16-26(30-31-32)25-12-21-5-1-2-6-22(21)23-7-3-4-8-24(23)25/h1-8,12,16,18-20H,9-11,13-15,17H2,(H,29,33). The van der Waals surface area contributed by atoms with Gasteiger partial charge in [-0.1, -0.05) is 53.7 Å². The Labute approximate surface area is 193 Å². The maximum absolute atomic E-state index is 13.0. The van der Waals surface area contributed by atoms with Gasteiger partial charge < -0.3 is 5.32 Å². The van der Waals surface area contributed by atoms with E-state index in [1.807, 2.05) is 6.20 Å². The Kier molecular flexibility index (Phi) is 4.17. The number of hydrogen-bond acceptors (Lipinski definition) is 3. The van der Waals surface area contributed by atoms with Crippen molar-refractivity contribution in [1.82, 2.24) is 20.3 Å². The van der Waals surface area contributed by atoms with Crippen LogP contribution in [0.2, 0.25) is 0 Å². The van der Waals surface area contributed by atoms with Gasteiger partial charge in [0, 0.05) is 11.1 Å². The third kappa shape index (κ3) is 3.25. The van der Waals surface area contributed by atoms with Crippen LogP contribution in [0.3, 0.4) is 0 Å². The van der Waals surface area contributed by atoms with E-state index in [2.05, 4.69) is 70.2 Å². The summed E-state index contributed by atoms with van der Waals surface area (Å²) < 4.78 is 1.69. The minimum atomic E-state index is 0.0315.